The van der Waals surface area contributed by atoms with Crippen molar-refractivity contribution in [2.75, 3.05) is 33.3 Å². The van der Waals surface area contributed by atoms with E-state index in [1.165, 1.54) is 5.56 Å². The lowest BCUT2D eigenvalue weighted by atomic mass is 10.1. The highest BCUT2D eigenvalue weighted by Crippen LogP contribution is 2.22. The highest BCUT2D eigenvalue weighted by atomic mass is 16.5. The lowest BCUT2D eigenvalue weighted by molar-refractivity contribution is -0.917. The number of nitrogens with zero attached hydrogens (tertiary/aromatic N) is 1. The predicted octanol–water partition coefficient (Wildman–Crippen LogP) is 0.635. The summed E-state index contributed by atoms with van der Waals surface area (Å²) < 4.78 is 5.47. The number of hydrogen-bond acceptors (Lipinski definition) is 2. The van der Waals surface area contributed by atoms with E-state index in [0.29, 0.717) is 0 Å². The van der Waals surface area contributed by atoms with Crippen LogP contribution in [0.2, 0.25) is 0 Å². The molecule has 5 nitrogen and oxygen atoms in total. The zero-order chi connectivity index (χ0) is 19.9. The molecule has 2 aromatic rings. The third-order valence-electron chi connectivity index (χ3n) is 5.68. The zero-order valence-electron chi connectivity index (χ0n) is 17.2. The second-order valence-electron chi connectivity index (χ2n) is 7.75. The number of hydrogen-bond donors (Lipinski definition) is 2. The summed E-state index contributed by atoms with van der Waals surface area (Å²) in [5, 5.41) is 2.14. The summed E-state index contributed by atoms with van der Waals surface area (Å²) in [4.78, 5) is 16.5. The fraction of sp³-hybridized carbons (Fsp3) is 0.435. The molecule has 1 aliphatic heterocycles. The number of benzene rings is 2. The maximum absolute atomic E-state index is 12.9. The molecule has 28 heavy (non-hydrogen) atoms. The number of piperazine rings is 1. The Kier molecular flexibility index (Phi) is 7.06. The minimum absolute atomic E-state index is 0.101. The van der Waals surface area contributed by atoms with Gasteiger partial charge in [-0.3, -0.25) is 4.79 Å². The van der Waals surface area contributed by atoms with Crippen LogP contribution in [-0.2, 0) is 11.3 Å². The molecule has 2 aromatic carbocycles. The maximum atomic E-state index is 12.9. The summed E-state index contributed by atoms with van der Waals surface area (Å²) in [5.74, 6) is 1.12. The van der Waals surface area contributed by atoms with Gasteiger partial charge in [0.1, 0.15) is 18.3 Å². The topological polar surface area (TPSA) is 50.6 Å². The molecular weight excluding hydrogens is 350 g/mol. The van der Waals surface area contributed by atoms with E-state index in [4.69, 9.17) is 4.74 Å². The van der Waals surface area contributed by atoms with Crippen molar-refractivity contribution in [3.63, 3.8) is 0 Å². The second-order valence-corrected chi connectivity index (χ2v) is 7.75. The van der Waals surface area contributed by atoms with Crippen molar-refractivity contribution in [3.05, 3.63) is 65.7 Å². The highest BCUT2D eigenvalue weighted by Gasteiger charge is 2.30. The van der Waals surface area contributed by atoms with Crippen molar-refractivity contribution in [2.45, 2.75) is 32.5 Å². The third-order valence-corrected chi connectivity index (χ3v) is 5.68. The van der Waals surface area contributed by atoms with Crippen LogP contribution in [0.1, 0.15) is 31.0 Å². The van der Waals surface area contributed by atoms with Crippen LogP contribution in [0.25, 0.3) is 0 Å². The number of amides is 1. The molecule has 150 valence electrons. The van der Waals surface area contributed by atoms with Crippen molar-refractivity contribution in [1.82, 2.24) is 4.90 Å². The number of nitrogens with two attached hydrogens (primary N) is 1. The number of ether oxygens (including phenoxy) is 1. The highest BCUT2D eigenvalue weighted by molar-refractivity contribution is 5.80. The quantitative estimate of drug-likeness (QED) is 0.737. The number of carbonyl (C=O) groups is 1. The standard InChI is InChI=1S/C23H31N3O2/c1-18(21-11-7-8-12-22(21)28-3)24-19(2)23(27)26-15-13-25(14-16-26)17-20-9-5-4-6-10-20/h4-12,18-19,24H,13-17H2,1-3H3/p+2/t18-,19+/m1/s1. The summed E-state index contributed by atoms with van der Waals surface area (Å²) in [6, 6.07) is 18.7. The molecule has 0 spiro atoms. The molecule has 0 radical (unpaired) electrons. The van der Waals surface area contributed by atoms with Crippen molar-refractivity contribution in [2.24, 2.45) is 0 Å². The SMILES string of the molecule is COc1ccccc1[C@@H](C)[NH2+][C@@H](C)C(=O)N1CC[NH+](Cc2ccccc2)CC1. The number of nitrogens with one attached hydrogen (secondary N) is 1. The first-order valence-corrected chi connectivity index (χ1v) is 10.2. The van der Waals surface area contributed by atoms with E-state index in [0.717, 1.165) is 44.0 Å². The van der Waals surface area contributed by atoms with Crippen LogP contribution in [0.15, 0.2) is 54.6 Å². The monoisotopic (exact) mass is 383 g/mol. The Bertz CT molecular complexity index is 757. The summed E-state index contributed by atoms with van der Waals surface area (Å²) in [6.45, 7) is 8.87. The number of rotatable bonds is 7. The molecule has 0 unspecified atom stereocenters. The Morgan fingerprint density at radius 2 is 1.71 bits per heavy atom. The first-order chi connectivity index (χ1) is 13.6. The van der Waals surface area contributed by atoms with Gasteiger partial charge in [0.05, 0.1) is 38.9 Å². The molecule has 3 rings (SSSR count). The molecular formula is C23H33N3O2+2. The van der Waals surface area contributed by atoms with E-state index in [2.05, 4.69) is 48.6 Å². The van der Waals surface area contributed by atoms with E-state index >= 15 is 0 Å². The number of quaternary nitrogens is 2. The first-order valence-electron chi connectivity index (χ1n) is 10.2. The van der Waals surface area contributed by atoms with Crippen molar-refractivity contribution in [3.8, 4) is 5.75 Å². The van der Waals surface area contributed by atoms with Crippen LogP contribution in [0.5, 0.6) is 5.75 Å². The third kappa shape index (κ3) is 5.12. The Morgan fingerprint density at radius 3 is 2.39 bits per heavy atom. The van der Waals surface area contributed by atoms with E-state index in [1.807, 2.05) is 30.0 Å². The Hall–Kier alpha value is -2.37. The van der Waals surface area contributed by atoms with E-state index < -0.39 is 0 Å². The normalized spacial score (nSPS) is 17.2. The number of methoxy groups -OCH3 is 1. The molecule has 3 N–H and O–H groups in total. The summed E-state index contributed by atoms with van der Waals surface area (Å²) >= 11 is 0. The molecule has 0 aromatic heterocycles. The van der Waals surface area contributed by atoms with Crippen LogP contribution in [-0.4, -0.2) is 50.1 Å². The van der Waals surface area contributed by atoms with E-state index in [9.17, 15) is 4.79 Å². The molecule has 2 atom stereocenters. The molecule has 0 bridgehead atoms. The van der Waals surface area contributed by atoms with E-state index in [-0.39, 0.29) is 18.0 Å². The van der Waals surface area contributed by atoms with Gasteiger partial charge in [-0.2, -0.15) is 0 Å². The summed E-state index contributed by atoms with van der Waals surface area (Å²) in [5.41, 5.74) is 2.49. The summed E-state index contributed by atoms with van der Waals surface area (Å²) in [6.07, 6.45) is 0. The molecule has 0 saturated carbocycles. The maximum Gasteiger partial charge on any atom is 0.280 e. The van der Waals surface area contributed by atoms with Crippen molar-refractivity contribution >= 4 is 5.91 Å². The van der Waals surface area contributed by atoms with Gasteiger partial charge in [-0.25, -0.2) is 0 Å². The Morgan fingerprint density at radius 1 is 1.07 bits per heavy atom. The van der Waals surface area contributed by atoms with Crippen LogP contribution in [0, 0.1) is 0 Å². The van der Waals surface area contributed by atoms with Gasteiger partial charge in [0.25, 0.3) is 5.91 Å². The van der Waals surface area contributed by atoms with Gasteiger partial charge in [-0.15, -0.1) is 0 Å². The van der Waals surface area contributed by atoms with Crippen LogP contribution < -0.4 is 15.0 Å². The second kappa shape index (κ2) is 9.71. The molecule has 1 amide bonds. The average Bonchev–Trinajstić information content (AvgIpc) is 2.74. The molecule has 1 fully saturated rings. The lowest BCUT2D eigenvalue weighted by Crippen LogP contribution is -3.13. The minimum atomic E-state index is -0.101. The fourth-order valence-electron chi connectivity index (χ4n) is 4.05. The predicted molar refractivity (Wildman–Crippen MR) is 110 cm³/mol. The van der Waals surface area contributed by atoms with Crippen molar-refractivity contribution in [1.29, 1.82) is 0 Å². The molecule has 1 heterocycles. The van der Waals surface area contributed by atoms with Crippen LogP contribution in [0.3, 0.4) is 0 Å². The van der Waals surface area contributed by atoms with Crippen molar-refractivity contribution < 1.29 is 19.7 Å². The first kappa shape index (κ1) is 20.4. The zero-order valence-corrected chi connectivity index (χ0v) is 17.2. The molecule has 0 aliphatic carbocycles. The Balaban J connectivity index is 1.50. The van der Waals surface area contributed by atoms with Gasteiger partial charge < -0.3 is 19.9 Å². The van der Waals surface area contributed by atoms with Gasteiger partial charge in [-0.1, -0.05) is 42.5 Å². The van der Waals surface area contributed by atoms with E-state index in [1.54, 1.807) is 12.0 Å². The van der Waals surface area contributed by atoms with Gasteiger partial charge in [-0.05, 0) is 26.0 Å². The van der Waals surface area contributed by atoms with Crippen LogP contribution >= 0.6 is 0 Å². The Labute approximate surface area is 168 Å². The fourth-order valence-corrected chi connectivity index (χ4v) is 4.05. The molecule has 1 aliphatic rings. The van der Waals surface area contributed by atoms with Gasteiger partial charge in [0, 0.05) is 5.56 Å². The molecule has 5 heteroatoms. The number of para-hydroxylation sites is 1. The average molecular weight is 384 g/mol. The summed E-state index contributed by atoms with van der Waals surface area (Å²) in [7, 11) is 1.69. The van der Waals surface area contributed by atoms with Gasteiger partial charge >= 0.3 is 0 Å². The van der Waals surface area contributed by atoms with Gasteiger partial charge in [0.15, 0.2) is 6.04 Å². The lowest BCUT2D eigenvalue weighted by Gasteiger charge is -2.33. The largest absolute Gasteiger partial charge is 0.496 e. The van der Waals surface area contributed by atoms with Gasteiger partial charge in [0.2, 0.25) is 0 Å². The minimum Gasteiger partial charge on any atom is -0.496 e. The molecule has 1 saturated heterocycles. The smallest absolute Gasteiger partial charge is 0.280 e. The van der Waals surface area contributed by atoms with Crippen LogP contribution in [0.4, 0.5) is 0 Å². The number of carbonyl (C=O) groups excluding carboxylic acids is 1.